The first kappa shape index (κ1) is 11.3. The third-order valence-electron chi connectivity index (χ3n) is 1.77. The molecule has 1 rings (SSSR count). The van der Waals surface area contributed by atoms with Crippen LogP contribution in [0.5, 0.6) is 5.75 Å². The van der Waals surface area contributed by atoms with Crippen molar-refractivity contribution < 1.29 is 19.0 Å². The van der Waals surface area contributed by atoms with E-state index in [4.69, 9.17) is 15.2 Å². The molecule has 0 bridgehead atoms. The number of methoxy groups -OCH3 is 2. The normalized spacial score (nSPS) is 9.73. The van der Waals surface area contributed by atoms with E-state index >= 15 is 0 Å². The molecule has 5 heteroatoms. The molecule has 0 saturated carbocycles. The van der Waals surface area contributed by atoms with Gasteiger partial charge in [-0.2, -0.15) is 0 Å². The van der Waals surface area contributed by atoms with Gasteiger partial charge in [0.15, 0.2) is 6.79 Å². The first-order valence-electron chi connectivity index (χ1n) is 4.28. The Labute approximate surface area is 87.7 Å². The number of ether oxygens (including phenoxy) is 3. The van der Waals surface area contributed by atoms with Crippen LogP contribution in [0.2, 0.25) is 0 Å². The number of anilines is 1. The second-order valence-electron chi connectivity index (χ2n) is 2.80. The SMILES string of the molecule is COCOC(=O)c1ccc(OC)c(N)c1. The lowest BCUT2D eigenvalue weighted by molar-refractivity contribution is -0.0124. The second kappa shape index (κ2) is 5.21. The van der Waals surface area contributed by atoms with Crippen LogP contribution in [0.4, 0.5) is 5.69 Å². The molecule has 0 aliphatic rings. The molecule has 82 valence electrons. The zero-order chi connectivity index (χ0) is 11.3. The number of carbonyl (C=O) groups excluding carboxylic acids is 1. The summed E-state index contributed by atoms with van der Waals surface area (Å²) in [7, 11) is 2.95. The molecule has 0 fully saturated rings. The average Bonchev–Trinajstić information content (AvgIpc) is 2.25. The van der Waals surface area contributed by atoms with Crippen LogP contribution in [0.1, 0.15) is 10.4 Å². The Morgan fingerprint density at radius 2 is 2.13 bits per heavy atom. The molecule has 0 heterocycles. The molecule has 5 nitrogen and oxygen atoms in total. The van der Waals surface area contributed by atoms with Gasteiger partial charge >= 0.3 is 5.97 Å². The topological polar surface area (TPSA) is 70.8 Å². The minimum Gasteiger partial charge on any atom is -0.495 e. The van der Waals surface area contributed by atoms with Gasteiger partial charge in [0, 0.05) is 7.11 Å². The van der Waals surface area contributed by atoms with Gasteiger partial charge in [-0.1, -0.05) is 0 Å². The summed E-state index contributed by atoms with van der Waals surface area (Å²) in [5.41, 5.74) is 6.39. The van der Waals surface area contributed by atoms with Crippen molar-refractivity contribution in [1.82, 2.24) is 0 Å². The third kappa shape index (κ3) is 2.85. The van der Waals surface area contributed by atoms with Gasteiger partial charge in [0.05, 0.1) is 18.4 Å². The van der Waals surface area contributed by atoms with Crippen LogP contribution >= 0.6 is 0 Å². The van der Waals surface area contributed by atoms with Crippen LogP contribution in [-0.4, -0.2) is 27.0 Å². The fraction of sp³-hybridized carbons (Fsp3) is 0.300. The van der Waals surface area contributed by atoms with E-state index in [1.807, 2.05) is 0 Å². The zero-order valence-electron chi connectivity index (χ0n) is 8.65. The molecule has 0 atom stereocenters. The Bertz CT molecular complexity index is 351. The summed E-state index contributed by atoms with van der Waals surface area (Å²) in [6.07, 6.45) is 0. The predicted molar refractivity (Wildman–Crippen MR) is 54.7 cm³/mol. The fourth-order valence-electron chi connectivity index (χ4n) is 1.06. The van der Waals surface area contributed by atoms with Crippen molar-refractivity contribution in [2.45, 2.75) is 0 Å². The molecule has 15 heavy (non-hydrogen) atoms. The minimum atomic E-state index is -0.480. The van der Waals surface area contributed by atoms with E-state index in [1.54, 1.807) is 12.1 Å². The number of carbonyl (C=O) groups is 1. The molecular formula is C10H13NO4. The van der Waals surface area contributed by atoms with E-state index in [0.717, 1.165) is 0 Å². The highest BCUT2D eigenvalue weighted by molar-refractivity contribution is 5.90. The van der Waals surface area contributed by atoms with Gasteiger partial charge in [0.2, 0.25) is 0 Å². The number of nitrogens with two attached hydrogens (primary N) is 1. The number of esters is 1. The van der Waals surface area contributed by atoms with Crippen molar-refractivity contribution in [1.29, 1.82) is 0 Å². The van der Waals surface area contributed by atoms with E-state index in [-0.39, 0.29) is 6.79 Å². The number of rotatable bonds is 4. The van der Waals surface area contributed by atoms with Crippen molar-refractivity contribution in [3.8, 4) is 5.75 Å². The van der Waals surface area contributed by atoms with Gasteiger partial charge in [-0.25, -0.2) is 4.79 Å². The molecule has 0 saturated heterocycles. The first-order valence-corrected chi connectivity index (χ1v) is 4.28. The Balaban J connectivity index is 2.78. The van der Waals surface area contributed by atoms with Crippen molar-refractivity contribution in [3.63, 3.8) is 0 Å². The lowest BCUT2D eigenvalue weighted by Gasteiger charge is -2.06. The van der Waals surface area contributed by atoms with Crippen molar-refractivity contribution >= 4 is 11.7 Å². The smallest absolute Gasteiger partial charge is 0.340 e. The fourth-order valence-corrected chi connectivity index (χ4v) is 1.06. The van der Waals surface area contributed by atoms with Crippen LogP contribution in [0.3, 0.4) is 0 Å². The molecule has 0 unspecified atom stereocenters. The van der Waals surface area contributed by atoms with E-state index in [1.165, 1.54) is 20.3 Å². The number of hydrogen-bond donors (Lipinski definition) is 1. The lowest BCUT2D eigenvalue weighted by atomic mass is 10.2. The maximum absolute atomic E-state index is 11.4. The Hall–Kier alpha value is -1.75. The number of hydrogen-bond acceptors (Lipinski definition) is 5. The zero-order valence-corrected chi connectivity index (χ0v) is 8.65. The standard InChI is InChI=1S/C10H13NO4/c1-13-6-15-10(12)7-3-4-9(14-2)8(11)5-7/h3-5H,6,11H2,1-2H3. The van der Waals surface area contributed by atoms with Gasteiger partial charge in [0.1, 0.15) is 5.75 Å². The van der Waals surface area contributed by atoms with Gasteiger partial charge in [0.25, 0.3) is 0 Å². The van der Waals surface area contributed by atoms with Crippen LogP contribution in [0.25, 0.3) is 0 Å². The highest BCUT2D eigenvalue weighted by Gasteiger charge is 2.09. The lowest BCUT2D eigenvalue weighted by Crippen LogP contribution is -2.08. The van der Waals surface area contributed by atoms with Crippen LogP contribution in [0, 0.1) is 0 Å². The molecule has 2 N–H and O–H groups in total. The monoisotopic (exact) mass is 211 g/mol. The Kier molecular flexibility index (Phi) is 3.93. The van der Waals surface area contributed by atoms with Crippen LogP contribution in [0.15, 0.2) is 18.2 Å². The molecule has 1 aromatic carbocycles. The van der Waals surface area contributed by atoms with Crippen molar-refractivity contribution in [2.75, 3.05) is 26.7 Å². The summed E-state index contributed by atoms with van der Waals surface area (Å²) < 4.78 is 14.3. The summed E-state index contributed by atoms with van der Waals surface area (Å²) in [5, 5.41) is 0. The summed E-state index contributed by atoms with van der Waals surface area (Å²) in [4.78, 5) is 11.4. The summed E-state index contributed by atoms with van der Waals surface area (Å²) in [5.74, 6) is 0.0458. The van der Waals surface area contributed by atoms with E-state index in [0.29, 0.717) is 17.0 Å². The summed E-state index contributed by atoms with van der Waals surface area (Å²) in [6.45, 7) is -0.0786. The maximum atomic E-state index is 11.4. The Morgan fingerprint density at radius 3 is 2.67 bits per heavy atom. The van der Waals surface area contributed by atoms with Gasteiger partial charge in [-0.3, -0.25) is 0 Å². The maximum Gasteiger partial charge on any atom is 0.340 e. The molecule has 0 aromatic heterocycles. The molecule has 1 aromatic rings. The average molecular weight is 211 g/mol. The predicted octanol–water partition coefficient (Wildman–Crippen LogP) is 1.04. The molecule has 0 spiro atoms. The molecule has 0 aliphatic heterocycles. The molecule has 0 amide bonds. The van der Waals surface area contributed by atoms with Crippen molar-refractivity contribution in [2.24, 2.45) is 0 Å². The quantitative estimate of drug-likeness (QED) is 0.457. The van der Waals surface area contributed by atoms with Crippen LogP contribution < -0.4 is 10.5 Å². The Morgan fingerprint density at radius 1 is 1.40 bits per heavy atom. The second-order valence-corrected chi connectivity index (χ2v) is 2.80. The van der Waals surface area contributed by atoms with Gasteiger partial charge in [-0.15, -0.1) is 0 Å². The van der Waals surface area contributed by atoms with E-state index in [9.17, 15) is 4.79 Å². The van der Waals surface area contributed by atoms with Crippen LogP contribution in [-0.2, 0) is 9.47 Å². The highest BCUT2D eigenvalue weighted by atomic mass is 16.7. The largest absolute Gasteiger partial charge is 0.495 e. The van der Waals surface area contributed by atoms with E-state index in [2.05, 4.69) is 4.74 Å². The summed E-state index contributed by atoms with van der Waals surface area (Å²) >= 11 is 0. The molecular weight excluding hydrogens is 198 g/mol. The van der Waals surface area contributed by atoms with Gasteiger partial charge < -0.3 is 19.9 Å². The summed E-state index contributed by atoms with van der Waals surface area (Å²) in [6, 6.07) is 4.68. The van der Waals surface area contributed by atoms with Gasteiger partial charge in [-0.05, 0) is 18.2 Å². The number of nitrogen functional groups attached to an aromatic ring is 1. The third-order valence-corrected chi connectivity index (χ3v) is 1.77. The first-order chi connectivity index (χ1) is 7.19. The van der Waals surface area contributed by atoms with E-state index < -0.39 is 5.97 Å². The number of benzene rings is 1. The molecule has 0 aliphatic carbocycles. The molecule has 0 radical (unpaired) electrons. The minimum absolute atomic E-state index is 0.0786. The van der Waals surface area contributed by atoms with Crippen molar-refractivity contribution in [3.05, 3.63) is 23.8 Å². The highest BCUT2D eigenvalue weighted by Crippen LogP contribution is 2.22.